The molecule has 0 saturated heterocycles. The Labute approximate surface area is 143 Å². The number of carboxylic acid groups (broad SMARTS) is 2. The van der Waals surface area contributed by atoms with Crippen molar-refractivity contribution in [2.75, 3.05) is 0 Å². The first kappa shape index (κ1) is 20.1. The molecular formula is C16H20N2O7. The molecule has 1 aromatic rings. The summed E-state index contributed by atoms with van der Waals surface area (Å²) in [5.74, 6) is -3.99. The van der Waals surface area contributed by atoms with Crippen LogP contribution in [0.2, 0.25) is 0 Å². The van der Waals surface area contributed by atoms with Crippen LogP contribution in [0.3, 0.4) is 0 Å². The molecule has 0 spiro atoms. The van der Waals surface area contributed by atoms with E-state index in [4.69, 9.17) is 10.2 Å². The Hall–Kier alpha value is -2.97. The van der Waals surface area contributed by atoms with E-state index in [1.54, 1.807) is 13.8 Å². The molecule has 0 radical (unpaired) electrons. The van der Waals surface area contributed by atoms with Gasteiger partial charge >= 0.3 is 11.9 Å². The minimum atomic E-state index is -2.03. The van der Waals surface area contributed by atoms with Gasteiger partial charge in [-0.05, 0) is 24.8 Å². The smallest absolute Gasteiger partial charge is 0.338 e. The molecule has 1 rings (SSSR count). The summed E-state index contributed by atoms with van der Waals surface area (Å²) >= 11 is 0. The van der Waals surface area contributed by atoms with Crippen molar-refractivity contribution >= 4 is 23.5 Å². The van der Waals surface area contributed by atoms with Gasteiger partial charge < -0.3 is 15.5 Å². The zero-order chi connectivity index (χ0) is 19.2. The average Bonchev–Trinajstić information content (AvgIpc) is 2.57. The number of nitrogens with one attached hydrogen (secondary N) is 1. The topological polar surface area (TPSA) is 147 Å². The molecule has 0 aliphatic heterocycles. The standard InChI is InChI=1S/C16H20N2O7/c1-3-16(4-2,15(23)17-12(13(19)20)14(21)22)9-10-5-7-11(8-6-10)18(24)25/h5-8,12H,3-4,9H2,1-2H3,(H,17,23)(H,19,20)(H,21,22). The number of non-ortho nitro benzene ring substituents is 1. The molecule has 1 amide bonds. The first-order chi connectivity index (χ1) is 11.7. The van der Waals surface area contributed by atoms with Crippen molar-refractivity contribution < 1.29 is 29.5 Å². The largest absolute Gasteiger partial charge is 0.479 e. The molecule has 1 aromatic carbocycles. The van der Waals surface area contributed by atoms with Crippen molar-refractivity contribution in [3.8, 4) is 0 Å². The molecule has 0 fully saturated rings. The lowest BCUT2D eigenvalue weighted by Gasteiger charge is -2.31. The van der Waals surface area contributed by atoms with E-state index in [0.717, 1.165) is 0 Å². The van der Waals surface area contributed by atoms with Gasteiger partial charge in [-0.3, -0.25) is 14.9 Å². The molecule has 0 aliphatic rings. The number of hydrogen-bond acceptors (Lipinski definition) is 5. The highest BCUT2D eigenvalue weighted by atomic mass is 16.6. The summed E-state index contributed by atoms with van der Waals surface area (Å²) in [5.41, 5.74) is -0.436. The molecule has 0 atom stereocenters. The fraction of sp³-hybridized carbons (Fsp3) is 0.438. The monoisotopic (exact) mass is 352 g/mol. The molecule has 0 aliphatic carbocycles. The number of amides is 1. The number of carbonyl (C=O) groups excluding carboxylic acids is 1. The number of nitro groups is 1. The minimum Gasteiger partial charge on any atom is -0.479 e. The lowest BCUT2D eigenvalue weighted by atomic mass is 9.76. The Morgan fingerprint density at radius 2 is 1.60 bits per heavy atom. The van der Waals surface area contributed by atoms with E-state index in [-0.39, 0.29) is 12.1 Å². The van der Waals surface area contributed by atoms with Gasteiger partial charge in [0.1, 0.15) is 0 Å². The van der Waals surface area contributed by atoms with E-state index < -0.39 is 34.2 Å². The summed E-state index contributed by atoms with van der Waals surface area (Å²) in [7, 11) is 0. The maximum atomic E-state index is 12.6. The SMILES string of the molecule is CCC(CC)(Cc1ccc([N+](=O)[O-])cc1)C(=O)NC(C(=O)O)C(=O)O. The van der Waals surface area contributed by atoms with Crippen LogP contribution in [0.15, 0.2) is 24.3 Å². The molecule has 25 heavy (non-hydrogen) atoms. The van der Waals surface area contributed by atoms with Gasteiger partial charge in [0.25, 0.3) is 5.69 Å². The summed E-state index contributed by atoms with van der Waals surface area (Å²) in [6, 6.07) is 3.66. The lowest BCUT2D eigenvalue weighted by Crippen LogP contribution is -2.52. The van der Waals surface area contributed by atoms with Crippen molar-refractivity contribution in [3.05, 3.63) is 39.9 Å². The normalized spacial score (nSPS) is 11.2. The van der Waals surface area contributed by atoms with Crippen molar-refractivity contribution in [3.63, 3.8) is 0 Å². The van der Waals surface area contributed by atoms with Crippen LogP contribution >= 0.6 is 0 Å². The van der Waals surface area contributed by atoms with Gasteiger partial charge in [-0.25, -0.2) is 9.59 Å². The maximum absolute atomic E-state index is 12.6. The van der Waals surface area contributed by atoms with Crippen molar-refractivity contribution in [1.82, 2.24) is 5.32 Å². The predicted octanol–water partition coefficient (Wildman–Crippen LogP) is 1.60. The van der Waals surface area contributed by atoms with E-state index in [1.165, 1.54) is 24.3 Å². The Bertz CT molecular complexity index is 652. The van der Waals surface area contributed by atoms with E-state index in [2.05, 4.69) is 5.32 Å². The van der Waals surface area contributed by atoms with E-state index >= 15 is 0 Å². The van der Waals surface area contributed by atoms with Crippen LogP contribution in [0.5, 0.6) is 0 Å². The van der Waals surface area contributed by atoms with Crippen molar-refractivity contribution in [2.45, 2.75) is 39.2 Å². The van der Waals surface area contributed by atoms with Gasteiger partial charge in [0.15, 0.2) is 0 Å². The minimum absolute atomic E-state index is 0.0800. The number of benzene rings is 1. The van der Waals surface area contributed by atoms with Gasteiger partial charge in [0.2, 0.25) is 11.9 Å². The van der Waals surface area contributed by atoms with Crippen LogP contribution in [0.25, 0.3) is 0 Å². The van der Waals surface area contributed by atoms with Crippen LogP contribution in [0.1, 0.15) is 32.3 Å². The summed E-state index contributed by atoms with van der Waals surface area (Å²) in [5, 5.41) is 30.6. The van der Waals surface area contributed by atoms with Crippen LogP contribution in [0.4, 0.5) is 5.69 Å². The molecule has 9 heteroatoms. The first-order valence-electron chi connectivity index (χ1n) is 7.66. The second kappa shape index (κ2) is 8.22. The Morgan fingerprint density at radius 1 is 1.12 bits per heavy atom. The fourth-order valence-electron chi connectivity index (χ4n) is 2.54. The predicted molar refractivity (Wildman–Crippen MR) is 87.0 cm³/mol. The number of hydrogen-bond donors (Lipinski definition) is 3. The molecule has 0 aromatic heterocycles. The van der Waals surface area contributed by atoms with Gasteiger partial charge in [-0.15, -0.1) is 0 Å². The highest BCUT2D eigenvalue weighted by Gasteiger charge is 2.39. The van der Waals surface area contributed by atoms with Gasteiger partial charge in [-0.1, -0.05) is 26.0 Å². The van der Waals surface area contributed by atoms with Gasteiger partial charge in [0.05, 0.1) is 10.3 Å². The molecule has 136 valence electrons. The lowest BCUT2D eigenvalue weighted by molar-refractivity contribution is -0.384. The van der Waals surface area contributed by atoms with Gasteiger partial charge in [0, 0.05) is 12.1 Å². The molecule has 0 saturated carbocycles. The quantitative estimate of drug-likeness (QED) is 0.347. The number of nitro benzene ring substituents is 1. The number of nitrogens with zero attached hydrogens (tertiary/aromatic N) is 1. The molecule has 9 nitrogen and oxygen atoms in total. The maximum Gasteiger partial charge on any atom is 0.338 e. The van der Waals surface area contributed by atoms with Crippen LogP contribution < -0.4 is 5.32 Å². The van der Waals surface area contributed by atoms with Crippen molar-refractivity contribution in [2.24, 2.45) is 5.41 Å². The fourth-order valence-corrected chi connectivity index (χ4v) is 2.54. The average molecular weight is 352 g/mol. The Morgan fingerprint density at radius 3 is 1.96 bits per heavy atom. The van der Waals surface area contributed by atoms with Crippen LogP contribution in [0, 0.1) is 15.5 Å². The molecule has 0 unspecified atom stereocenters. The molecule has 0 heterocycles. The van der Waals surface area contributed by atoms with Gasteiger partial charge in [-0.2, -0.15) is 0 Å². The second-order valence-electron chi connectivity index (χ2n) is 5.67. The Balaban J connectivity index is 3.05. The second-order valence-corrected chi connectivity index (χ2v) is 5.67. The third kappa shape index (κ3) is 4.75. The third-order valence-corrected chi connectivity index (χ3v) is 4.29. The zero-order valence-electron chi connectivity index (χ0n) is 13.9. The number of aliphatic carboxylic acids is 2. The molecular weight excluding hydrogens is 332 g/mol. The van der Waals surface area contributed by atoms with Crippen LogP contribution in [-0.2, 0) is 20.8 Å². The number of carboxylic acids is 2. The summed E-state index contributed by atoms with van der Waals surface area (Å²) in [6.07, 6.45) is 0.895. The van der Waals surface area contributed by atoms with Crippen molar-refractivity contribution in [1.29, 1.82) is 0 Å². The summed E-state index contributed by atoms with van der Waals surface area (Å²) in [6.45, 7) is 3.48. The van der Waals surface area contributed by atoms with E-state index in [1.807, 2.05) is 0 Å². The summed E-state index contributed by atoms with van der Waals surface area (Å²) < 4.78 is 0. The number of rotatable bonds is 9. The first-order valence-corrected chi connectivity index (χ1v) is 7.66. The number of carbonyl (C=O) groups is 3. The highest BCUT2D eigenvalue weighted by Crippen LogP contribution is 2.32. The van der Waals surface area contributed by atoms with Crippen LogP contribution in [-0.4, -0.2) is 39.0 Å². The Kier molecular flexibility index (Phi) is 6.60. The van der Waals surface area contributed by atoms with E-state index in [9.17, 15) is 24.5 Å². The zero-order valence-corrected chi connectivity index (χ0v) is 13.9. The molecule has 0 bridgehead atoms. The highest BCUT2D eigenvalue weighted by molar-refractivity contribution is 6.01. The summed E-state index contributed by atoms with van der Waals surface area (Å²) in [4.78, 5) is 44.7. The third-order valence-electron chi connectivity index (χ3n) is 4.29. The molecule has 3 N–H and O–H groups in total. The van der Waals surface area contributed by atoms with E-state index in [0.29, 0.717) is 18.4 Å².